The number of thiazole rings is 1. The van der Waals surface area contributed by atoms with Gasteiger partial charge in [-0.25, -0.2) is 9.78 Å². The standard InChI is InChI=1S/C25H24ClN3O5S/c1-14(2)22-21(35-13-28-22)11-20(25(33)34-3)29-24(32)18-8-7-16(10-19(18)26)23(31)27-12-15-5-4-6-17(30)9-15/h4-11,13-14,30H,12H2,1-3H3,(H,27,31)(H,29,32)/b20-11-. The number of hydrogen-bond donors (Lipinski definition) is 3. The molecule has 0 spiro atoms. The van der Waals surface area contributed by atoms with Crippen molar-refractivity contribution in [1.29, 1.82) is 0 Å². The van der Waals surface area contributed by atoms with Crippen LogP contribution in [0.25, 0.3) is 6.08 Å². The molecule has 3 N–H and O–H groups in total. The summed E-state index contributed by atoms with van der Waals surface area (Å²) in [7, 11) is 1.22. The lowest BCUT2D eigenvalue weighted by atomic mass is 10.1. The summed E-state index contributed by atoms with van der Waals surface area (Å²) in [6.07, 6.45) is 1.52. The molecule has 0 atom stereocenters. The number of phenolic OH excluding ortho intramolecular Hbond substituents is 1. The molecule has 0 aliphatic carbocycles. The molecule has 0 fully saturated rings. The number of esters is 1. The maximum atomic E-state index is 12.9. The Morgan fingerprint density at radius 1 is 1.17 bits per heavy atom. The number of carbonyl (C=O) groups is 3. The van der Waals surface area contributed by atoms with Crippen LogP contribution >= 0.6 is 22.9 Å². The van der Waals surface area contributed by atoms with Crippen LogP contribution in [0.1, 0.15) is 56.6 Å². The average Bonchev–Trinajstić information content (AvgIpc) is 3.30. The van der Waals surface area contributed by atoms with Gasteiger partial charge in [-0.15, -0.1) is 11.3 Å². The van der Waals surface area contributed by atoms with Crippen LogP contribution in [-0.2, 0) is 16.1 Å². The monoisotopic (exact) mass is 513 g/mol. The Morgan fingerprint density at radius 2 is 1.94 bits per heavy atom. The molecule has 2 amide bonds. The summed E-state index contributed by atoms with van der Waals surface area (Å²) in [5.41, 5.74) is 3.46. The fraction of sp³-hybridized carbons (Fsp3) is 0.200. The largest absolute Gasteiger partial charge is 0.508 e. The second kappa shape index (κ2) is 11.6. The minimum atomic E-state index is -0.722. The van der Waals surface area contributed by atoms with E-state index in [1.807, 2.05) is 13.8 Å². The lowest BCUT2D eigenvalue weighted by molar-refractivity contribution is -0.136. The lowest BCUT2D eigenvalue weighted by Crippen LogP contribution is -2.28. The smallest absolute Gasteiger partial charge is 0.354 e. The number of benzene rings is 2. The zero-order valence-electron chi connectivity index (χ0n) is 19.3. The SMILES string of the molecule is COC(=O)/C(=C/c1scnc1C(C)C)NC(=O)c1ccc(C(=O)NCc2cccc(O)c2)cc1Cl. The summed E-state index contributed by atoms with van der Waals surface area (Å²) in [6, 6.07) is 10.8. The zero-order chi connectivity index (χ0) is 25.5. The molecule has 1 aromatic heterocycles. The number of rotatable bonds is 8. The highest BCUT2D eigenvalue weighted by Crippen LogP contribution is 2.24. The average molecular weight is 514 g/mol. The van der Waals surface area contributed by atoms with Crippen molar-refractivity contribution in [2.24, 2.45) is 0 Å². The summed E-state index contributed by atoms with van der Waals surface area (Å²) in [5, 5.41) is 14.8. The van der Waals surface area contributed by atoms with Gasteiger partial charge in [-0.05, 0) is 47.9 Å². The van der Waals surface area contributed by atoms with Crippen molar-refractivity contribution in [2.45, 2.75) is 26.3 Å². The van der Waals surface area contributed by atoms with Gasteiger partial charge < -0.3 is 20.5 Å². The van der Waals surface area contributed by atoms with Crippen LogP contribution in [0.2, 0.25) is 5.02 Å². The number of halogens is 1. The Bertz CT molecular complexity index is 1290. The van der Waals surface area contributed by atoms with Crippen LogP contribution in [-0.4, -0.2) is 35.0 Å². The minimum absolute atomic E-state index is 0.0392. The van der Waals surface area contributed by atoms with Gasteiger partial charge in [0.05, 0.1) is 33.8 Å². The Labute approximate surface area is 211 Å². The molecule has 0 aliphatic rings. The Kier molecular flexibility index (Phi) is 8.62. The van der Waals surface area contributed by atoms with Gasteiger partial charge >= 0.3 is 5.97 Å². The van der Waals surface area contributed by atoms with Crippen molar-refractivity contribution >= 4 is 46.8 Å². The molecule has 3 rings (SSSR count). The van der Waals surface area contributed by atoms with E-state index in [0.717, 1.165) is 16.1 Å². The van der Waals surface area contributed by atoms with E-state index in [4.69, 9.17) is 16.3 Å². The van der Waals surface area contributed by atoms with Gasteiger partial charge in [0.2, 0.25) is 0 Å². The van der Waals surface area contributed by atoms with Gasteiger partial charge in [0.15, 0.2) is 0 Å². The highest BCUT2D eigenvalue weighted by molar-refractivity contribution is 7.10. The quantitative estimate of drug-likeness (QED) is 0.301. The van der Waals surface area contributed by atoms with Gasteiger partial charge in [-0.3, -0.25) is 9.59 Å². The van der Waals surface area contributed by atoms with Gasteiger partial charge in [0, 0.05) is 12.1 Å². The number of carbonyl (C=O) groups excluding carboxylic acids is 3. The van der Waals surface area contributed by atoms with E-state index in [9.17, 15) is 19.5 Å². The normalized spacial score (nSPS) is 11.3. The van der Waals surface area contributed by atoms with Crippen molar-refractivity contribution in [3.63, 3.8) is 0 Å². The third kappa shape index (κ3) is 6.68. The van der Waals surface area contributed by atoms with Gasteiger partial charge in [-0.1, -0.05) is 37.6 Å². The first-order valence-electron chi connectivity index (χ1n) is 10.6. The molecular formula is C25H24ClN3O5S. The van der Waals surface area contributed by atoms with Gasteiger partial charge in [0.1, 0.15) is 11.4 Å². The van der Waals surface area contributed by atoms with Crippen molar-refractivity contribution in [3.05, 3.63) is 86.0 Å². The molecule has 1 heterocycles. The van der Waals surface area contributed by atoms with Crippen LogP contribution in [0.4, 0.5) is 0 Å². The Morgan fingerprint density at radius 3 is 2.60 bits per heavy atom. The van der Waals surface area contributed by atoms with E-state index < -0.39 is 17.8 Å². The number of amides is 2. The van der Waals surface area contributed by atoms with Crippen LogP contribution in [0.3, 0.4) is 0 Å². The molecule has 2 aromatic carbocycles. The molecule has 0 bridgehead atoms. The molecule has 3 aromatic rings. The fourth-order valence-corrected chi connectivity index (χ4v) is 4.31. The highest BCUT2D eigenvalue weighted by atomic mass is 35.5. The summed E-state index contributed by atoms with van der Waals surface area (Å²) in [6.45, 7) is 4.16. The van der Waals surface area contributed by atoms with Crippen LogP contribution in [0.15, 0.2) is 53.7 Å². The number of ether oxygens (including phenoxy) is 1. The van der Waals surface area contributed by atoms with Crippen LogP contribution < -0.4 is 10.6 Å². The molecule has 10 heteroatoms. The molecule has 0 saturated carbocycles. The number of aromatic hydroxyl groups is 1. The van der Waals surface area contributed by atoms with E-state index in [0.29, 0.717) is 0 Å². The molecule has 35 heavy (non-hydrogen) atoms. The lowest BCUT2D eigenvalue weighted by Gasteiger charge is -2.11. The first-order chi connectivity index (χ1) is 16.7. The van der Waals surface area contributed by atoms with Gasteiger partial charge in [-0.2, -0.15) is 0 Å². The number of nitrogens with one attached hydrogen (secondary N) is 2. The third-order valence-electron chi connectivity index (χ3n) is 4.94. The molecule has 0 radical (unpaired) electrons. The second-order valence-corrected chi connectivity index (χ2v) is 9.10. The first kappa shape index (κ1) is 25.9. The van der Waals surface area contributed by atoms with Crippen LogP contribution in [0, 0.1) is 0 Å². The maximum absolute atomic E-state index is 12.9. The van der Waals surface area contributed by atoms with E-state index in [1.165, 1.54) is 48.8 Å². The van der Waals surface area contributed by atoms with E-state index in [2.05, 4.69) is 15.6 Å². The molecule has 0 saturated heterocycles. The number of phenols is 1. The molecule has 8 nitrogen and oxygen atoms in total. The number of methoxy groups -OCH3 is 1. The Balaban J connectivity index is 1.75. The summed E-state index contributed by atoms with van der Waals surface area (Å²) >= 11 is 7.63. The maximum Gasteiger partial charge on any atom is 0.354 e. The van der Waals surface area contributed by atoms with Crippen LogP contribution in [0.5, 0.6) is 5.75 Å². The van der Waals surface area contributed by atoms with E-state index >= 15 is 0 Å². The molecular weight excluding hydrogens is 490 g/mol. The Hall–Kier alpha value is -3.69. The molecule has 182 valence electrons. The summed E-state index contributed by atoms with van der Waals surface area (Å²) in [5.74, 6) is -1.52. The number of hydrogen-bond acceptors (Lipinski definition) is 7. The zero-order valence-corrected chi connectivity index (χ0v) is 20.9. The van der Waals surface area contributed by atoms with E-state index in [-0.39, 0.29) is 40.1 Å². The fourth-order valence-electron chi connectivity index (χ4n) is 3.17. The summed E-state index contributed by atoms with van der Waals surface area (Å²) < 4.78 is 4.81. The third-order valence-corrected chi connectivity index (χ3v) is 6.04. The minimum Gasteiger partial charge on any atom is -0.508 e. The van der Waals surface area contributed by atoms with E-state index in [1.54, 1.807) is 23.7 Å². The second-order valence-electron chi connectivity index (χ2n) is 7.81. The number of aromatic nitrogens is 1. The van der Waals surface area contributed by atoms with Crippen molar-refractivity contribution in [3.8, 4) is 5.75 Å². The highest BCUT2D eigenvalue weighted by Gasteiger charge is 2.20. The van der Waals surface area contributed by atoms with Crippen molar-refractivity contribution in [1.82, 2.24) is 15.6 Å². The predicted octanol–water partition coefficient (Wildman–Crippen LogP) is 4.50. The molecule has 0 unspecified atom stereocenters. The van der Waals surface area contributed by atoms with Crippen molar-refractivity contribution in [2.75, 3.05) is 7.11 Å². The predicted molar refractivity (Wildman–Crippen MR) is 134 cm³/mol. The first-order valence-corrected chi connectivity index (χ1v) is 11.9. The van der Waals surface area contributed by atoms with Gasteiger partial charge in [0.25, 0.3) is 11.8 Å². The molecule has 0 aliphatic heterocycles. The topological polar surface area (TPSA) is 118 Å². The number of nitrogens with zero attached hydrogens (tertiary/aromatic N) is 1. The summed E-state index contributed by atoms with van der Waals surface area (Å²) in [4.78, 5) is 42.7. The van der Waals surface area contributed by atoms with Crippen molar-refractivity contribution < 1.29 is 24.2 Å².